The predicted molar refractivity (Wildman–Crippen MR) is 45.6 cm³/mol. The molecule has 0 fully saturated rings. The van der Waals surface area contributed by atoms with Gasteiger partial charge in [-0.2, -0.15) is 0 Å². The number of hydrogen-bond acceptors (Lipinski definition) is 2. The van der Waals surface area contributed by atoms with E-state index in [1.54, 1.807) is 0 Å². The first kappa shape index (κ1) is 11.1. The normalized spacial score (nSPS) is 9.09. The zero-order valence-electron chi connectivity index (χ0n) is 5.86. The van der Waals surface area contributed by atoms with Gasteiger partial charge in [-0.1, -0.05) is 30.1 Å². The summed E-state index contributed by atoms with van der Waals surface area (Å²) >= 11 is 15.7. The molecule has 0 saturated heterocycles. The Labute approximate surface area is 80.1 Å². The summed E-state index contributed by atoms with van der Waals surface area (Å²) < 4.78 is 4.25. The molecule has 0 aliphatic carbocycles. The maximum atomic E-state index is 10.7. The maximum absolute atomic E-state index is 10.7. The van der Waals surface area contributed by atoms with Crippen molar-refractivity contribution < 1.29 is 9.53 Å². The molecular formula is C6H7Cl3O2. The molecule has 0 heterocycles. The minimum atomic E-state index is -0.434. The van der Waals surface area contributed by atoms with E-state index >= 15 is 0 Å². The van der Waals surface area contributed by atoms with Gasteiger partial charge in [0, 0.05) is 6.42 Å². The van der Waals surface area contributed by atoms with Gasteiger partial charge in [0.2, 0.25) is 5.22 Å². The highest BCUT2D eigenvalue weighted by Crippen LogP contribution is 2.19. The second-order valence-electron chi connectivity index (χ2n) is 1.76. The lowest BCUT2D eigenvalue weighted by atomic mass is 10.3. The quantitative estimate of drug-likeness (QED) is 0.536. The van der Waals surface area contributed by atoms with Crippen molar-refractivity contribution in [2.24, 2.45) is 0 Å². The van der Waals surface area contributed by atoms with Crippen molar-refractivity contribution in [2.45, 2.75) is 19.8 Å². The number of ether oxygens (including phenoxy) is 1. The molecule has 0 spiro atoms. The Balaban J connectivity index is 3.86. The van der Waals surface area contributed by atoms with E-state index in [1.165, 1.54) is 0 Å². The fourth-order valence-corrected chi connectivity index (χ4v) is 0.557. The summed E-state index contributed by atoms with van der Waals surface area (Å²) in [7, 11) is 0. The van der Waals surface area contributed by atoms with Crippen LogP contribution in [0.25, 0.3) is 0 Å². The first-order chi connectivity index (χ1) is 5.07. The second kappa shape index (κ2) is 5.70. The van der Waals surface area contributed by atoms with E-state index in [9.17, 15) is 4.79 Å². The third-order valence-corrected chi connectivity index (χ3v) is 1.61. The number of halogens is 3. The SMILES string of the molecule is CCCC(=O)OC(Cl)=C(Cl)Cl. The van der Waals surface area contributed by atoms with E-state index in [1.807, 2.05) is 6.92 Å². The minimum Gasteiger partial charge on any atom is -0.411 e. The van der Waals surface area contributed by atoms with Crippen LogP contribution in [0.3, 0.4) is 0 Å². The standard InChI is InChI=1S/C6H7Cl3O2/c1-2-3-4(10)11-6(9)5(7)8/h2-3H2,1H3. The van der Waals surface area contributed by atoms with Crippen molar-refractivity contribution in [3.05, 3.63) is 9.71 Å². The van der Waals surface area contributed by atoms with Gasteiger partial charge in [0.1, 0.15) is 0 Å². The molecule has 64 valence electrons. The highest BCUT2D eigenvalue weighted by Gasteiger charge is 2.06. The molecule has 0 rings (SSSR count). The van der Waals surface area contributed by atoms with Crippen molar-refractivity contribution >= 4 is 40.8 Å². The van der Waals surface area contributed by atoms with E-state index in [-0.39, 0.29) is 9.71 Å². The molecule has 0 N–H and O–H groups in total. The van der Waals surface area contributed by atoms with Crippen LogP contribution in [-0.4, -0.2) is 5.97 Å². The van der Waals surface area contributed by atoms with Crippen LogP contribution in [0.4, 0.5) is 0 Å². The minimum absolute atomic E-state index is 0.240. The summed E-state index contributed by atoms with van der Waals surface area (Å²) in [6.07, 6.45) is 1.00. The Hall–Kier alpha value is 0.0800. The summed E-state index contributed by atoms with van der Waals surface area (Å²) in [5.41, 5.74) is 0. The summed E-state index contributed by atoms with van der Waals surface area (Å²) in [6, 6.07) is 0. The van der Waals surface area contributed by atoms with Gasteiger partial charge < -0.3 is 4.74 Å². The Morgan fingerprint density at radius 2 is 1.91 bits per heavy atom. The molecular weight excluding hydrogens is 210 g/mol. The van der Waals surface area contributed by atoms with Crippen LogP contribution >= 0.6 is 34.8 Å². The van der Waals surface area contributed by atoms with Gasteiger partial charge in [-0.05, 0) is 18.0 Å². The van der Waals surface area contributed by atoms with Crippen molar-refractivity contribution in [3.8, 4) is 0 Å². The molecule has 2 nitrogen and oxygen atoms in total. The fourth-order valence-electron chi connectivity index (χ4n) is 0.394. The van der Waals surface area contributed by atoms with Gasteiger partial charge >= 0.3 is 5.97 Å². The maximum Gasteiger partial charge on any atom is 0.312 e. The Kier molecular flexibility index (Phi) is 5.74. The van der Waals surface area contributed by atoms with Crippen LogP contribution in [0.5, 0.6) is 0 Å². The fraction of sp³-hybridized carbons (Fsp3) is 0.500. The number of carbonyl (C=O) groups is 1. The van der Waals surface area contributed by atoms with Crippen LogP contribution in [0.15, 0.2) is 9.71 Å². The lowest BCUT2D eigenvalue weighted by molar-refractivity contribution is -0.138. The Morgan fingerprint density at radius 3 is 2.27 bits per heavy atom. The molecule has 11 heavy (non-hydrogen) atoms. The van der Waals surface area contributed by atoms with E-state index in [4.69, 9.17) is 34.8 Å². The smallest absolute Gasteiger partial charge is 0.312 e. The topological polar surface area (TPSA) is 26.3 Å². The summed E-state index contributed by atoms with van der Waals surface area (Å²) in [5.74, 6) is -0.434. The summed E-state index contributed by atoms with van der Waals surface area (Å²) in [6.45, 7) is 1.85. The summed E-state index contributed by atoms with van der Waals surface area (Å²) in [5, 5.41) is -0.271. The van der Waals surface area contributed by atoms with Gasteiger partial charge in [0.05, 0.1) is 0 Å². The van der Waals surface area contributed by atoms with Crippen LogP contribution in [-0.2, 0) is 9.53 Å². The Bertz CT molecular complexity index is 173. The molecule has 0 unspecified atom stereocenters. The van der Waals surface area contributed by atoms with Gasteiger partial charge in [-0.3, -0.25) is 4.79 Å². The van der Waals surface area contributed by atoms with Gasteiger partial charge in [-0.15, -0.1) is 0 Å². The third-order valence-electron chi connectivity index (χ3n) is 0.806. The molecule has 5 heteroatoms. The molecule has 0 saturated carbocycles. The van der Waals surface area contributed by atoms with Gasteiger partial charge in [0.15, 0.2) is 4.49 Å². The lowest BCUT2D eigenvalue weighted by Crippen LogP contribution is -2.00. The van der Waals surface area contributed by atoms with E-state index in [0.717, 1.165) is 0 Å². The zero-order valence-corrected chi connectivity index (χ0v) is 8.13. The molecule has 0 bridgehead atoms. The summed E-state index contributed by atoms with van der Waals surface area (Å²) in [4.78, 5) is 10.7. The predicted octanol–water partition coefficient (Wildman–Crippen LogP) is 3.17. The number of hydrogen-bond donors (Lipinski definition) is 0. The number of esters is 1. The van der Waals surface area contributed by atoms with Crippen LogP contribution < -0.4 is 0 Å². The molecule has 0 aromatic rings. The van der Waals surface area contributed by atoms with Crippen LogP contribution in [0.1, 0.15) is 19.8 Å². The average Bonchev–Trinajstić information content (AvgIpc) is 1.87. The van der Waals surface area contributed by atoms with Gasteiger partial charge in [-0.25, -0.2) is 0 Å². The van der Waals surface area contributed by atoms with Crippen molar-refractivity contribution in [1.82, 2.24) is 0 Å². The molecule has 0 aromatic heterocycles. The number of carbonyl (C=O) groups excluding carboxylic acids is 1. The third kappa shape index (κ3) is 5.36. The van der Waals surface area contributed by atoms with E-state index in [2.05, 4.69) is 4.74 Å². The van der Waals surface area contributed by atoms with Crippen molar-refractivity contribution in [1.29, 1.82) is 0 Å². The Morgan fingerprint density at radius 1 is 1.36 bits per heavy atom. The molecule has 0 radical (unpaired) electrons. The van der Waals surface area contributed by atoms with Crippen molar-refractivity contribution in [3.63, 3.8) is 0 Å². The van der Waals surface area contributed by atoms with Crippen LogP contribution in [0.2, 0.25) is 0 Å². The number of rotatable bonds is 3. The molecule has 0 aliphatic heterocycles. The average molecular weight is 217 g/mol. The first-order valence-corrected chi connectivity index (χ1v) is 4.12. The molecule has 0 aromatic carbocycles. The highest BCUT2D eigenvalue weighted by atomic mass is 35.5. The van der Waals surface area contributed by atoms with E-state index in [0.29, 0.717) is 12.8 Å². The van der Waals surface area contributed by atoms with Gasteiger partial charge in [0.25, 0.3) is 0 Å². The first-order valence-electron chi connectivity index (χ1n) is 2.99. The highest BCUT2D eigenvalue weighted by molar-refractivity contribution is 6.59. The molecule has 0 amide bonds. The van der Waals surface area contributed by atoms with Crippen molar-refractivity contribution in [2.75, 3.05) is 0 Å². The lowest BCUT2D eigenvalue weighted by Gasteiger charge is -1.99. The monoisotopic (exact) mass is 216 g/mol. The second-order valence-corrected chi connectivity index (χ2v) is 3.05. The largest absolute Gasteiger partial charge is 0.411 e. The molecule has 0 aliphatic rings. The van der Waals surface area contributed by atoms with E-state index < -0.39 is 5.97 Å². The zero-order chi connectivity index (χ0) is 8.85. The van der Waals surface area contributed by atoms with Crippen LogP contribution in [0, 0.1) is 0 Å². The molecule has 0 atom stereocenters.